The second-order valence-corrected chi connectivity index (χ2v) is 5.87. The number of alkyl halides is 1. The van der Waals surface area contributed by atoms with Gasteiger partial charge in [0.25, 0.3) is 5.91 Å². The molecule has 3 nitrogen and oxygen atoms in total. The van der Waals surface area contributed by atoms with Crippen molar-refractivity contribution in [2.75, 3.05) is 38.6 Å². The van der Waals surface area contributed by atoms with Crippen molar-refractivity contribution < 1.29 is 4.79 Å². The van der Waals surface area contributed by atoms with E-state index in [4.69, 9.17) is 11.6 Å². The molecule has 0 bridgehead atoms. The first-order valence-corrected chi connectivity index (χ1v) is 7.80. The Labute approximate surface area is 126 Å². The van der Waals surface area contributed by atoms with Crippen molar-refractivity contribution in [2.45, 2.75) is 20.3 Å². The van der Waals surface area contributed by atoms with Crippen molar-refractivity contribution >= 4 is 17.5 Å². The second kappa shape index (κ2) is 7.09. The molecule has 0 unspecified atom stereocenters. The zero-order valence-corrected chi connectivity index (χ0v) is 13.1. The smallest absolute Gasteiger partial charge is 0.254 e. The van der Waals surface area contributed by atoms with E-state index in [0.717, 1.165) is 55.8 Å². The number of amides is 1. The van der Waals surface area contributed by atoms with Crippen LogP contribution in [0.25, 0.3) is 0 Å². The number of halogens is 1. The quantitative estimate of drug-likeness (QED) is 0.800. The molecule has 1 aromatic carbocycles. The van der Waals surface area contributed by atoms with Gasteiger partial charge in [0.1, 0.15) is 0 Å². The maximum atomic E-state index is 12.7. The van der Waals surface area contributed by atoms with Crippen LogP contribution < -0.4 is 0 Å². The maximum absolute atomic E-state index is 12.7. The Bertz CT molecular complexity index is 476. The Morgan fingerprint density at radius 2 is 2.00 bits per heavy atom. The summed E-state index contributed by atoms with van der Waals surface area (Å²) < 4.78 is 0. The summed E-state index contributed by atoms with van der Waals surface area (Å²) in [5.74, 6) is 0.823. The molecular formula is C16H23ClN2O. The highest BCUT2D eigenvalue weighted by atomic mass is 35.5. The van der Waals surface area contributed by atoms with E-state index in [1.54, 1.807) is 0 Å². The predicted molar refractivity (Wildman–Crippen MR) is 83.6 cm³/mol. The summed E-state index contributed by atoms with van der Waals surface area (Å²) in [4.78, 5) is 17.0. The topological polar surface area (TPSA) is 23.6 Å². The highest BCUT2D eigenvalue weighted by molar-refractivity contribution is 6.18. The lowest BCUT2D eigenvalue weighted by Gasteiger charge is -2.22. The average molecular weight is 295 g/mol. The minimum atomic E-state index is 0.166. The van der Waals surface area contributed by atoms with Crippen LogP contribution in [-0.2, 0) is 0 Å². The van der Waals surface area contributed by atoms with Gasteiger partial charge in [-0.2, -0.15) is 0 Å². The van der Waals surface area contributed by atoms with Crippen molar-refractivity contribution in [1.82, 2.24) is 9.80 Å². The number of hydrogen-bond acceptors (Lipinski definition) is 2. The number of aryl methyl sites for hydroxylation is 2. The molecule has 20 heavy (non-hydrogen) atoms. The summed E-state index contributed by atoms with van der Waals surface area (Å²) in [6.45, 7) is 8.53. The van der Waals surface area contributed by atoms with Gasteiger partial charge in [0.15, 0.2) is 0 Å². The molecule has 1 fully saturated rings. The molecule has 0 saturated carbocycles. The number of nitrogens with zero attached hydrogens (tertiary/aromatic N) is 2. The molecule has 4 heteroatoms. The van der Waals surface area contributed by atoms with Gasteiger partial charge in [0.2, 0.25) is 0 Å². The monoisotopic (exact) mass is 294 g/mol. The molecule has 1 amide bonds. The molecular weight excluding hydrogens is 272 g/mol. The fourth-order valence-corrected chi connectivity index (χ4v) is 2.89. The highest BCUT2D eigenvalue weighted by Crippen LogP contribution is 2.15. The zero-order chi connectivity index (χ0) is 14.5. The van der Waals surface area contributed by atoms with E-state index in [1.165, 1.54) is 0 Å². The number of carbonyl (C=O) groups excluding carboxylic acids is 1. The van der Waals surface area contributed by atoms with Crippen molar-refractivity contribution in [2.24, 2.45) is 0 Å². The molecule has 0 aromatic heterocycles. The van der Waals surface area contributed by atoms with Crippen LogP contribution in [0.15, 0.2) is 18.2 Å². The molecule has 0 aliphatic carbocycles. The van der Waals surface area contributed by atoms with Crippen LogP contribution in [0.3, 0.4) is 0 Å². The Balaban J connectivity index is 2.07. The van der Waals surface area contributed by atoms with E-state index in [1.807, 2.05) is 30.9 Å². The number of rotatable bonds is 3. The van der Waals surface area contributed by atoms with E-state index in [9.17, 15) is 4.79 Å². The molecule has 1 saturated heterocycles. The van der Waals surface area contributed by atoms with Gasteiger partial charge in [-0.1, -0.05) is 17.7 Å². The summed E-state index contributed by atoms with van der Waals surface area (Å²) in [6.07, 6.45) is 1.02. The van der Waals surface area contributed by atoms with Gasteiger partial charge in [-0.15, -0.1) is 11.6 Å². The van der Waals surface area contributed by atoms with E-state index < -0.39 is 0 Å². The van der Waals surface area contributed by atoms with Crippen LogP contribution in [0.5, 0.6) is 0 Å². The van der Waals surface area contributed by atoms with Crippen molar-refractivity contribution in [1.29, 1.82) is 0 Å². The van der Waals surface area contributed by atoms with Gasteiger partial charge in [-0.25, -0.2) is 0 Å². The lowest BCUT2D eigenvalue weighted by Crippen LogP contribution is -2.36. The van der Waals surface area contributed by atoms with Crippen LogP contribution in [-0.4, -0.2) is 54.3 Å². The first-order chi connectivity index (χ1) is 9.61. The summed E-state index contributed by atoms with van der Waals surface area (Å²) in [5.41, 5.74) is 3.04. The molecule has 1 heterocycles. The Morgan fingerprint density at radius 3 is 2.75 bits per heavy atom. The van der Waals surface area contributed by atoms with E-state index >= 15 is 0 Å². The molecule has 0 radical (unpaired) electrons. The summed E-state index contributed by atoms with van der Waals surface area (Å²) >= 11 is 5.80. The van der Waals surface area contributed by atoms with Crippen LogP contribution in [0.2, 0.25) is 0 Å². The molecule has 1 aliphatic rings. The Morgan fingerprint density at radius 1 is 1.20 bits per heavy atom. The third-order valence-corrected chi connectivity index (χ3v) is 4.07. The fourth-order valence-electron chi connectivity index (χ4n) is 2.65. The lowest BCUT2D eigenvalue weighted by atomic mass is 10.0. The first kappa shape index (κ1) is 15.3. The third kappa shape index (κ3) is 3.74. The van der Waals surface area contributed by atoms with Gasteiger partial charge in [0, 0.05) is 37.6 Å². The van der Waals surface area contributed by atoms with Crippen LogP contribution in [0, 0.1) is 13.8 Å². The summed E-state index contributed by atoms with van der Waals surface area (Å²) in [7, 11) is 0. The maximum Gasteiger partial charge on any atom is 0.254 e. The van der Waals surface area contributed by atoms with Crippen LogP contribution in [0.1, 0.15) is 27.9 Å². The number of carbonyl (C=O) groups is 1. The normalized spacial score (nSPS) is 17.1. The minimum absolute atomic E-state index is 0.166. The molecule has 0 spiro atoms. The second-order valence-electron chi connectivity index (χ2n) is 5.49. The molecule has 1 aromatic rings. The molecule has 0 N–H and O–H groups in total. The largest absolute Gasteiger partial charge is 0.337 e. The van der Waals surface area contributed by atoms with Gasteiger partial charge in [-0.05, 0) is 38.4 Å². The third-order valence-electron chi connectivity index (χ3n) is 3.90. The average Bonchev–Trinajstić information content (AvgIpc) is 2.67. The molecule has 0 atom stereocenters. The molecule has 1 aliphatic heterocycles. The fraction of sp³-hybridized carbons (Fsp3) is 0.562. The van der Waals surface area contributed by atoms with Crippen LogP contribution >= 0.6 is 11.6 Å². The minimum Gasteiger partial charge on any atom is -0.337 e. The van der Waals surface area contributed by atoms with Gasteiger partial charge < -0.3 is 9.80 Å². The van der Waals surface area contributed by atoms with Crippen LogP contribution in [0.4, 0.5) is 0 Å². The Kier molecular flexibility index (Phi) is 5.44. The summed E-state index contributed by atoms with van der Waals surface area (Å²) in [6, 6.07) is 6.08. The van der Waals surface area contributed by atoms with Crippen molar-refractivity contribution in [3.8, 4) is 0 Å². The van der Waals surface area contributed by atoms with Gasteiger partial charge in [-0.3, -0.25) is 4.79 Å². The number of hydrogen-bond donors (Lipinski definition) is 0. The van der Waals surface area contributed by atoms with Crippen molar-refractivity contribution in [3.63, 3.8) is 0 Å². The Hall–Kier alpha value is -1.06. The van der Waals surface area contributed by atoms with E-state index in [-0.39, 0.29) is 5.91 Å². The standard InChI is InChI=1S/C16H23ClN2O/c1-13-4-5-14(2)15(12-13)16(20)19-8-3-7-18(9-6-17)10-11-19/h4-5,12H,3,6-11H2,1-2H3. The number of benzene rings is 1. The zero-order valence-electron chi connectivity index (χ0n) is 12.4. The molecule has 110 valence electrons. The predicted octanol–water partition coefficient (Wildman–Crippen LogP) is 2.69. The highest BCUT2D eigenvalue weighted by Gasteiger charge is 2.21. The van der Waals surface area contributed by atoms with Crippen molar-refractivity contribution in [3.05, 3.63) is 34.9 Å². The lowest BCUT2D eigenvalue weighted by molar-refractivity contribution is 0.0761. The molecule has 2 rings (SSSR count). The van der Waals surface area contributed by atoms with Gasteiger partial charge >= 0.3 is 0 Å². The first-order valence-electron chi connectivity index (χ1n) is 7.26. The SMILES string of the molecule is Cc1ccc(C)c(C(=O)N2CCCN(CCCl)CC2)c1. The van der Waals surface area contributed by atoms with E-state index in [0.29, 0.717) is 5.88 Å². The van der Waals surface area contributed by atoms with E-state index in [2.05, 4.69) is 11.0 Å². The summed E-state index contributed by atoms with van der Waals surface area (Å²) in [5, 5.41) is 0. The van der Waals surface area contributed by atoms with Gasteiger partial charge in [0.05, 0.1) is 0 Å².